The third kappa shape index (κ3) is 3.74. The minimum atomic E-state index is -3.30. The Labute approximate surface area is 156 Å². The Kier molecular flexibility index (Phi) is 5.30. The number of carbonyl (C=O) groups is 1. The van der Waals surface area contributed by atoms with Gasteiger partial charge in [-0.1, -0.05) is 19.3 Å². The summed E-state index contributed by atoms with van der Waals surface area (Å²) in [5.74, 6) is 0.360. The van der Waals surface area contributed by atoms with E-state index < -0.39 is 10.0 Å². The molecule has 6 nitrogen and oxygen atoms in total. The van der Waals surface area contributed by atoms with Gasteiger partial charge in [-0.05, 0) is 48.9 Å². The van der Waals surface area contributed by atoms with E-state index in [2.05, 4.69) is 5.32 Å². The fraction of sp³-hybridized carbons (Fsp3) is 0.632. The second-order valence-electron chi connectivity index (χ2n) is 7.70. The molecule has 1 aliphatic heterocycles. The lowest BCUT2D eigenvalue weighted by molar-refractivity contribution is -0.123. The molecule has 0 radical (unpaired) electrons. The molecule has 7 heteroatoms. The molecule has 1 aromatic rings. The highest BCUT2D eigenvalue weighted by molar-refractivity contribution is 7.88. The number of hydrogen-bond acceptors (Lipinski definition) is 4. The molecule has 1 heterocycles. The van der Waals surface area contributed by atoms with Crippen molar-refractivity contribution in [3.63, 3.8) is 0 Å². The Bertz CT molecular complexity index is 785. The highest BCUT2D eigenvalue weighted by Gasteiger charge is 2.52. The number of hydrogen-bond donors (Lipinski definition) is 1. The van der Waals surface area contributed by atoms with E-state index in [9.17, 15) is 13.2 Å². The van der Waals surface area contributed by atoms with Crippen molar-refractivity contribution in [3.8, 4) is 5.75 Å². The third-order valence-corrected chi connectivity index (χ3v) is 7.16. The van der Waals surface area contributed by atoms with Crippen LogP contribution in [0.15, 0.2) is 18.2 Å². The summed E-state index contributed by atoms with van der Waals surface area (Å²) in [5.41, 5.74) is 1.44. The van der Waals surface area contributed by atoms with Crippen molar-refractivity contribution in [2.45, 2.75) is 39.0 Å². The zero-order valence-electron chi connectivity index (χ0n) is 15.7. The fourth-order valence-electron chi connectivity index (χ4n) is 4.42. The van der Waals surface area contributed by atoms with Crippen LogP contribution in [-0.4, -0.2) is 45.1 Å². The van der Waals surface area contributed by atoms with Crippen LogP contribution in [0.5, 0.6) is 5.75 Å². The number of amides is 1. The summed E-state index contributed by atoms with van der Waals surface area (Å²) < 4.78 is 30.9. The van der Waals surface area contributed by atoms with Crippen LogP contribution >= 0.6 is 0 Å². The summed E-state index contributed by atoms with van der Waals surface area (Å²) >= 11 is 0. The van der Waals surface area contributed by atoms with Crippen LogP contribution in [0.25, 0.3) is 0 Å². The van der Waals surface area contributed by atoms with E-state index in [-0.39, 0.29) is 23.8 Å². The van der Waals surface area contributed by atoms with Crippen molar-refractivity contribution < 1.29 is 17.9 Å². The molecule has 1 unspecified atom stereocenters. The Hall–Kier alpha value is -1.60. The predicted molar refractivity (Wildman–Crippen MR) is 102 cm³/mol. The van der Waals surface area contributed by atoms with Gasteiger partial charge in [-0.15, -0.1) is 0 Å². The van der Waals surface area contributed by atoms with Crippen molar-refractivity contribution in [2.75, 3.05) is 31.8 Å². The van der Waals surface area contributed by atoms with Gasteiger partial charge in [-0.2, -0.15) is 0 Å². The summed E-state index contributed by atoms with van der Waals surface area (Å²) in [4.78, 5) is 13.1. The van der Waals surface area contributed by atoms with Gasteiger partial charge in [0, 0.05) is 18.8 Å². The number of aryl methyl sites for hydroxylation is 1. The molecule has 1 N–H and O–H groups in total. The number of carbonyl (C=O) groups excluding carboxylic acids is 1. The number of nitrogens with zero attached hydrogens (tertiary/aromatic N) is 1. The first kappa shape index (κ1) is 19.2. The van der Waals surface area contributed by atoms with Crippen molar-refractivity contribution in [1.82, 2.24) is 4.31 Å². The average molecular weight is 381 g/mol. The monoisotopic (exact) mass is 380 g/mol. The van der Waals surface area contributed by atoms with Crippen LogP contribution in [0.4, 0.5) is 5.69 Å². The van der Waals surface area contributed by atoms with E-state index in [0.717, 1.165) is 49.1 Å². The second kappa shape index (κ2) is 7.19. The molecule has 2 aliphatic rings. The molecular formula is C19H28N2O4S. The van der Waals surface area contributed by atoms with Gasteiger partial charge >= 0.3 is 0 Å². The van der Waals surface area contributed by atoms with E-state index in [1.54, 1.807) is 7.11 Å². The maximum Gasteiger partial charge on any atom is 0.229 e. The normalized spacial score (nSPS) is 23.1. The summed E-state index contributed by atoms with van der Waals surface area (Å²) in [6, 6.07) is 5.53. The molecular weight excluding hydrogens is 352 g/mol. The minimum Gasteiger partial charge on any atom is -0.497 e. The van der Waals surface area contributed by atoms with Gasteiger partial charge in [0.05, 0.1) is 19.3 Å². The van der Waals surface area contributed by atoms with Gasteiger partial charge in [-0.3, -0.25) is 4.79 Å². The van der Waals surface area contributed by atoms with Crippen LogP contribution < -0.4 is 10.1 Å². The standard InChI is InChI=1S/C19H28N2O4S/c1-14-11-15(25-2)7-8-17(14)20-18(22)16-12-21(26(3,23)24)13-19(16)9-5-4-6-10-19/h7-8,11,16H,4-6,9-10,12-13H2,1-3H3,(H,20,22). The van der Waals surface area contributed by atoms with E-state index in [1.165, 1.54) is 10.6 Å². The predicted octanol–water partition coefficient (Wildman–Crippen LogP) is 2.78. The van der Waals surface area contributed by atoms with E-state index in [0.29, 0.717) is 6.54 Å². The zero-order valence-corrected chi connectivity index (χ0v) is 16.6. The minimum absolute atomic E-state index is 0.0775. The molecule has 2 fully saturated rings. The lowest BCUT2D eigenvalue weighted by Crippen LogP contribution is -2.39. The quantitative estimate of drug-likeness (QED) is 0.871. The van der Waals surface area contributed by atoms with Crippen LogP contribution in [0.1, 0.15) is 37.7 Å². The maximum absolute atomic E-state index is 13.1. The number of methoxy groups -OCH3 is 1. The summed E-state index contributed by atoms with van der Waals surface area (Å²) in [5, 5.41) is 3.03. The third-order valence-electron chi connectivity index (χ3n) is 5.94. The highest BCUT2D eigenvalue weighted by Crippen LogP contribution is 2.48. The van der Waals surface area contributed by atoms with Gasteiger partial charge in [0.25, 0.3) is 0 Å². The highest BCUT2D eigenvalue weighted by atomic mass is 32.2. The molecule has 0 bridgehead atoms. The number of ether oxygens (including phenoxy) is 1. The molecule has 0 aromatic heterocycles. The second-order valence-corrected chi connectivity index (χ2v) is 9.68. The van der Waals surface area contributed by atoms with Crippen molar-refractivity contribution in [3.05, 3.63) is 23.8 Å². The first-order valence-electron chi connectivity index (χ1n) is 9.16. The first-order chi connectivity index (χ1) is 12.2. The van der Waals surface area contributed by atoms with Gasteiger partial charge in [0.1, 0.15) is 5.75 Å². The van der Waals surface area contributed by atoms with Gasteiger partial charge in [0.2, 0.25) is 15.9 Å². The molecule has 1 spiro atoms. The molecule has 1 atom stereocenters. The van der Waals surface area contributed by atoms with Gasteiger partial charge in [-0.25, -0.2) is 12.7 Å². The van der Waals surface area contributed by atoms with Gasteiger partial charge < -0.3 is 10.1 Å². The molecule has 1 aromatic carbocycles. The number of nitrogens with one attached hydrogen (secondary N) is 1. The van der Waals surface area contributed by atoms with Crippen LogP contribution in [0.2, 0.25) is 0 Å². The van der Waals surface area contributed by atoms with Crippen LogP contribution in [0.3, 0.4) is 0 Å². The molecule has 3 rings (SSSR count). The molecule has 26 heavy (non-hydrogen) atoms. The van der Waals surface area contributed by atoms with Crippen molar-refractivity contribution in [1.29, 1.82) is 0 Å². The Morgan fingerprint density at radius 2 is 1.96 bits per heavy atom. The number of sulfonamides is 1. The molecule has 1 amide bonds. The largest absolute Gasteiger partial charge is 0.497 e. The number of rotatable bonds is 4. The van der Waals surface area contributed by atoms with Gasteiger partial charge in [0.15, 0.2) is 0 Å². The Morgan fingerprint density at radius 3 is 2.54 bits per heavy atom. The van der Waals surface area contributed by atoms with Crippen molar-refractivity contribution >= 4 is 21.6 Å². The van der Waals surface area contributed by atoms with E-state index in [1.807, 2.05) is 25.1 Å². The van der Waals surface area contributed by atoms with Crippen LogP contribution in [-0.2, 0) is 14.8 Å². The van der Waals surface area contributed by atoms with Crippen molar-refractivity contribution in [2.24, 2.45) is 11.3 Å². The van der Waals surface area contributed by atoms with E-state index in [4.69, 9.17) is 4.74 Å². The molecule has 1 saturated carbocycles. The molecule has 144 valence electrons. The Balaban J connectivity index is 1.84. The summed E-state index contributed by atoms with van der Waals surface area (Å²) in [6.45, 7) is 2.66. The first-order valence-corrected chi connectivity index (χ1v) is 11.0. The summed E-state index contributed by atoms with van der Waals surface area (Å²) in [7, 11) is -1.69. The van der Waals surface area contributed by atoms with E-state index >= 15 is 0 Å². The number of anilines is 1. The maximum atomic E-state index is 13.1. The average Bonchev–Trinajstić information content (AvgIpc) is 2.96. The molecule has 1 saturated heterocycles. The Morgan fingerprint density at radius 1 is 1.27 bits per heavy atom. The summed E-state index contributed by atoms with van der Waals surface area (Å²) in [6.07, 6.45) is 6.34. The lowest BCUT2D eigenvalue weighted by Gasteiger charge is -2.37. The lowest BCUT2D eigenvalue weighted by atomic mass is 9.67. The number of benzene rings is 1. The molecule has 1 aliphatic carbocycles. The SMILES string of the molecule is COc1ccc(NC(=O)C2CN(S(C)(=O)=O)CC23CCCCC3)c(C)c1. The van der Waals surface area contributed by atoms with Crippen LogP contribution in [0, 0.1) is 18.3 Å². The zero-order chi connectivity index (χ0) is 18.9. The smallest absolute Gasteiger partial charge is 0.229 e. The topological polar surface area (TPSA) is 75.7 Å². The fourth-order valence-corrected chi connectivity index (χ4v) is 5.33.